The van der Waals surface area contributed by atoms with Gasteiger partial charge in [0.25, 0.3) is 0 Å². The van der Waals surface area contributed by atoms with Crippen LogP contribution in [0.5, 0.6) is 5.75 Å². The molecule has 1 saturated carbocycles. The number of aryl methyl sites for hydroxylation is 1. The maximum Gasteiger partial charge on any atom is 0.165 e. The molecule has 0 aliphatic heterocycles. The lowest BCUT2D eigenvalue weighted by molar-refractivity contribution is 0.213. The Bertz CT molecular complexity index is 696. The number of hydrogen-bond acceptors (Lipinski definition) is 3. The highest BCUT2D eigenvalue weighted by Crippen LogP contribution is 2.27. The van der Waals surface area contributed by atoms with Crippen LogP contribution in [0.25, 0.3) is 11.4 Å². The summed E-state index contributed by atoms with van der Waals surface area (Å²) in [6.45, 7) is 2.80. The Labute approximate surface area is 162 Å². The van der Waals surface area contributed by atoms with Crippen molar-refractivity contribution in [2.45, 2.75) is 64.7 Å². The zero-order valence-electron chi connectivity index (χ0n) is 16.3. The van der Waals surface area contributed by atoms with Crippen LogP contribution in [0.2, 0.25) is 0 Å². The van der Waals surface area contributed by atoms with E-state index in [0.717, 1.165) is 44.1 Å². The summed E-state index contributed by atoms with van der Waals surface area (Å²) in [7, 11) is 0. The van der Waals surface area contributed by atoms with Gasteiger partial charge in [0.05, 0.1) is 6.61 Å². The van der Waals surface area contributed by atoms with Crippen LogP contribution in [-0.2, 0) is 6.42 Å². The number of aromatic nitrogens is 2. The molecule has 3 rings (SSSR count). The van der Waals surface area contributed by atoms with Crippen molar-refractivity contribution >= 4 is 0 Å². The summed E-state index contributed by atoms with van der Waals surface area (Å²) >= 11 is 0. The highest BCUT2D eigenvalue weighted by Gasteiger charge is 2.15. The molecule has 0 amide bonds. The van der Waals surface area contributed by atoms with Crippen molar-refractivity contribution in [2.24, 2.45) is 5.92 Å². The average molecular weight is 370 g/mol. The molecular formula is C23H30FN2O. The lowest BCUT2D eigenvalue weighted by atomic mass is 9.90. The van der Waals surface area contributed by atoms with E-state index in [1.165, 1.54) is 25.3 Å². The van der Waals surface area contributed by atoms with Gasteiger partial charge in [-0.3, -0.25) is 0 Å². The lowest BCUT2D eigenvalue weighted by Gasteiger charge is -2.21. The van der Waals surface area contributed by atoms with Crippen molar-refractivity contribution in [1.82, 2.24) is 9.97 Å². The summed E-state index contributed by atoms with van der Waals surface area (Å²) in [5.74, 6) is 1.06. The van der Waals surface area contributed by atoms with Gasteiger partial charge < -0.3 is 4.74 Å². The number of rotatable bonds is 9. The van der Waals surface area contributed by atoms with Gasteiger partial charge in [-0.25, -0.2) is 14.4 Å². The van der Waals surface area contributed by atoms with Crippen LogP contribution >= 0.6 is 0 Å². The molecule has 0 unspecified atom stereocenters. The van der Waals surface area contributed by atoms with Crippen LogP contribution in [0.3, 0.4) is 0 Å². The predicted octanol–water partition coefficient (Wildman–Crippen LogP) is 6.18. The van der Waals surface area contributed by atoms with Gasteiger partial charge in [0.1, 0.15) is 0 Å². The van der Waals surface area contributed by atoms with Crippen molar-refractivity contribution in [3.8, 4) is 17.1 Å². The minimum atomic E-state index is -0.345. The van der Waals surface area contributed by atoms with Gasteiger partial charge in [-0.2, -0.15) is 0 Å². The topological polar surface area (TPSA) is 35.0 Å². The second-order valence-electron chi connectivity index (χ2n) is 7.49. The zero-order chi connectivity index (χ0) is 18.9. The molecule has 1 fully saturated rings. The Balaban J connectivity index is 1.56. The molecule has 2 aromatic rings. The van der Waals surface area contributed by atoms with Crippen LogP contribution in [0.4, 0.5) is 4.39 Å². The minimum absolute atomic E-state index is 0.320. The van der Waals surface area contributed by atoms with Crippen molar-refractivity contribution in [2.75, 3.05) is 6.61 Å². The number of nitrogens with zero attached hydrogens (tertiary/aromatic N) is 2. The van der Waals surface area contributed by atoms with Crippen molar-refractivity contribution in [3.05, 3.63) is 48.4 Å². The van der Waals surface area contributed by atoms with Crippen LogP contribution in [0, 0.1) is 18.2 Å². The maximum atomic E-state index is 14.4. The van der Waals surface area contributed by atoms with Gasteiger partial charge in [0, 0.05) is 18.0 Å². The van der Waals surface area contributed by atoms with E-state index in [-0.39, 0.29) is 5.82 Å². The van der Waals surface area contributed by atoms with Gasteiger partial charge in [-0.15, -0.1) is 0 Å². The van der Waals surface area contributed by atoms with Gasteiger partial charge >= 0.3 is 0 Å². The normalized spacial score (nSPS) is 15.0. The standard InChI is InChI=1S/C23H30FN2O/c1-2-3-4-6-11-19-15-25-23(26-16-19)20-12-13-22(21(24)14-20)27-17-18-9-7-5-8-10-18/h5,12-16,18H,2-4,6-11,17H2,1H3. The number of halogens is 1. The molecule has 1 heterocycles. The van der Waals surface area contributed by atoms with Crippen molar-refractivity contribution < 1.29 is 9.13 Å². The number of hydrogen-bond donors (Lipinski definition) is 0. The Morgan fingerprint density at radius 3 is 2.56 bits per heavy atom. The monoisotopic (exact) mass is 369 g/mol. The molecule has 0 spiro atoms. The summed E-state index contributed by atoms with van der Waals surface area (Å²) in [5.41, 5.74) is 1.82. The first-order valence-electron chi connectivity index (χ1n) is 10.3. The fourth-order valence-corrected chi connectivity index (χ4v) is 3.52. The first-order valence-corrected chi connectivity index (χ1v) is 10.3. The van der Waals surface area contributed by atoms with Crippen molar-refractivity contribution in [3.63, 3.8) is 0 Å². The van der Waals surface area contributed by atoms with E-state index in [9.17, 15) is 4.39 Å². The van der Waals surface area contributed by atoms with Crippen LogP contribution in [0.15, 0.2) is 30.6 Å². The summed E-state index contributed by atoms with van der Waals surface area (Å²) in [5, 5.41) is 0. The number of unbranched alkanes of at least 4 members (excludes halogenated alkanes) is 3. The summed E-state index contributed by atoms with van der Waals surface area (Å²) in [4.78, 5) is 8.83. The summed E-state index contributed by atoms with van der Waals surface area (Å²) in [6, 6.07) is 5.01. The molecule has 3 nitrogen and oxygen atoms in total. The molecular weight excluding hydrogens is 339 g/mol. The molecule has 0 saturated heterocycles. The maximum absolute atomic E-state index is 14.4. The molecule has 1 aliphatic carbocycles. The molecule has 1 aromatic heterocycles. The molecule has 1 radical (unpaired) electrons. The van der Waals surface area contributed by atoms with Gasteiger partial charge in [0.2, 0.25) is 0 Å². The average Bonchev–Trinajstić information content (AvgIpc) is 2.71. The lowest BCUT2D eigenvalue weighted by Crippen LogP contribution is -2.15. The van der Waals surface area contributed by atoms with Crippen LogP contribution in [-0.4, -0.2) is 16.6 Å². The SMILES string of the molecule is CCCCCCc1cnc(-c2ccc(OCC3CC[CH]CC3)c(F)c2)nc1. The van der Waals surface area contributed by atoms with E-state index in [0.29, 0.717) is 29.7 Å². The van der Waals surface area contributed by atoms with Gasteiger partial charge in [0.15, 0.2) is 17.4 Å². The molecule has 1 aliphatic rings. The molecule has 27 heavy (non-hydrogen) atoms. The van der Waals surface area contributed by atoms with E-state index in [4.69, 9.17) is 4.74 Å². The van der Waals surface area contributed by atoms with Gasteiger partial charge in [-0.05, 0) is 74.6 Å². The highest BCUT2D eigenvalue weighted by molar-refractivity contribution is 5.56. The second-order valence-corrected chi connectivity index (χ2v) is 7.49. The largest absolute Gasteiger partial charge is 0.490 e. The van der Waals surface area contributed by atoms with E-state index in [1.54, 1.807) is 6.07 Å². The Morgan fingerprint density at radius 1 is 1.07 bits per heavy atom. The fraction of sp³-hybridized carbons (Fsp3) is 0.522. The predicted molar refractivity (Wildman–Crippen MR) is 107 cm³/mol. The summed E-state index contributed by atoms with van der Waals surface area (Å²) < 4.78 is 20.1. The van der Waals surface area contributed by atoms with Crippen LogP contribution < -0.4 is 4.74 Å². The van der Waals surface area contributed by atoms with Gasteiger partial charge in [-0.1, -0.05) is 26.2 Å². The third-order valence-corrected chi connectivity index (χ3v) is 5.25. The summed E-state index contributed by atoms with van der Waals surface area (Å²) in [6.07, 6.45) is 16.5. The smallest absolute Gasteiger partial charge is 0.165 e. The highest BCUT2D eigenvalue weighted by atomic mass is 19.1. The molecule has 1 aromatic carbocycles. The molecule has 145 valence electrons. The van der Waals surface area contributed by atoms with Crippen molar-refractivity contribution in [1.29, 1.82) is 0 Å². The molecule has 0 atom stereocenters. The Morgan fingerprint density at radius 2 is 1.85 bits per heavy atom. The number of benzene rings is 1. The third kappa shape index (κ3) is 6.02. The molecule has 0 bridgehead atoms. The van der Waals surface area contributed by atoms with E-state index in [1.807, 2.05) is 18.5 Å². The third-order valence-electron chi connectivity index (χ3n) is 5.25. The molecule has 0 N–H and O–H groups in total. The van der Waals surface area contributed by atoms with E-state index in [2.05, 4.69) is 23.3 Å². The minimum Gasteiger partial charge on any atom is -0.490 e. The van der Waals surface area contributed by atoms with E-state index >= 15 is 0 Å². The quantitative estimate of drug-likeness (QED) is 0.495. The molecule has 4 heteroatoms. The Kier molecular flexibility index (Phi) is 7.61. The first kappa shape index (κ1) is 19.8. The first-order chi connectivity index (χ1) is 13.3. The fourth-order valence-electron chi connectivity index (χ4n) is 3.52. The van der Waals surface area contributed by atoms with E-state index < -0.39 is 0 Å². The Hall–Kier alpha value is -1.97. The van der Waals surface area contributed by atoms with Crippen LogP contribution in [0.1, 0.15) is 63.9 Å². The number of ether oxygens (including phenoxy) is 1. The second kappa shape index (κ2) is 10.4. The zero-order valence-corrected chi connectivity index (χ0v) is 16.3.